The lowest BCUT2D eigenvalue weighted by Crippen LogP contribution is -2.27. The number of rotatable bonds is 5. The highest BCUT2D eigenvalue weighted by Gasteiger charge is 2.11. The minimum atomic E-state index is -0.452. The standard InChI is InChI=1S/C17H15N3O3/c21-17(11-10-14-6-2-1-3-7-14)19-13-12-18-15-8-4-5-9-16(15)20(22)23/h1-9,18H,12-13H2,(H,19,21). The van der Waals surface area contributed by atoms with E-state index in [1.54, 1.807) is 18.2 Å². The highest BCUT2D eigenvalue weighted by atomic mass is 16.6. The molecule has 0 bridgehead atoms. The Morgan fingerprint density at radius 2 is 1.74 bits per heavy atom. The Morgan fingerprint density at radius 3 is 2.48 bits per heavy atom. The summed E-state index contributed by atoms with van der Waals surface area (Å²) in [7, 11) is 0. The minimum Gasteiger partial charge on any atom is -0.378 e. The van der Waals surface area contributed by atoms with Crippen LogP contribution in [-0.4, -0.2) is 23.9 Å². The van der Waals surface area contributed by atoms with Crippen molar-refractivity contribution < 1.29 is 9.72 Å². The maximum absolute atomic E-state index is 11.6. The first-order valence-electron chi connectivity index (χ1n) is 6.99. The van der Waals surface area contributed by atoms with Crippen molar-refractivity contribution in [1.29, 1.82) is 0 Å². The van der Waals surface area contributed by atoms with Crippen LogP contribution in [0.1, 0.15) is 5.56 Å². The van der Waals surface area contributed by atoms with Crippen LogP contribution in [0.15, 0.2) is 54.6 Å². The average molecular weight is 309 g/mol. The van der Waals surface area contributed by atoms with E-state index in [1.165, 1.54) is 6.07 Å². The van der Waals surface area contributed by atoms with Crippen LogP contribution in [0.5, 0.6) is 0 Å². The normalized spacial score (nSPS) is 9.39. The van der Waals surface area contributed by atoms with Crippen LogP contribution in [-0.2, 0) is 4.79 Å². The molecule has 23 heavy (non-hydrogen) atoms. The summed E-state index contributed by atoms with van der Waals surface area (Å²) in [6.07, 6.45) is 0. The predicted octanol–water partition coefficient (Wildman–Crippen LogP) is 2.17. The smallest absolute Gasteiger partial charge is 0.296 e. The highest BCUT2D eigenvalue weighted by Crippen LogP contribution is 2.22. The van der Waals surface area contributed by atoms with Gasteiger partial charge in [-0.1, -0.05) is 36.3 Å². The molecule has 0 atom stereocenters. The third-order valence-corrected chi connectivity index (χ3v) is 2.92. The van der Waals surface area contributed by atoms with E-state index < -0.39 is 10.8 Å². The Bertz CT molecular complexity index is 748. The van der Waals surface area contributed by atoms with Crippen molar-refractivity contribution in [3.8, 4) is 11.8 Å². The van der Waals surface area contributed by atoms with Gasteiger partial charge in [0.2, 0.25) is 0 Å². The third kappa shape index (κ3) is 5.17. The summed E-state index contributed by atoms with van der Waals surface area (Å²) in [6.45, 7) is 0.679. The number of nitro groups is 1. The first-order chi connectivity index (χ1) is 11.2. The number of anilines is 1. The van der Waals surface area contributed by atoms with Crippen molar-refractivity contribution in [2.75, 3.05) is 18.4 Å². The van der Waals surface area contributed by atoms with Crippen molar-refractivity contribution >= 4 is 17.3 Å². The zero-order valence-electron chi connectivity index (χ0n) is 12.3. The molecule has 0 heterocycles. The van der Waals surface area contributed by atoms with Crippen LogP contribution in [0.3, 0.4) is 0 Å². The van der Waals surface area contributed by atoms with Crippen molar-refractivity contribution in [2.24, 2.45) is 0 Å². The quantitative estimate of drug-likeness (QED) is 0.384. The Hall–Kier alpha value is -3.33. The number of nitrogens with one attached hydrogen (secondary N) is 2. The largest absolute Gasteiger partial charge is 0.378 e. The number of carbonyl (C=O) groups excluding carboxylic acids is 1. The summed E-state index contributed by atoms with van der Waals surface area (Å²) in [5.41, 5.74) is 1.19. The summed E-state index contributed by atoms with van der Waals surface area (Å²) in [5.74, 6) is 4.86. The molecule has 2 aromatic carbocycles. The molecule has 116 valence electrons. The number of nitrogens with zero attached hydrogens (tertiary/aromatic N) is 1. The molecule has 1 amide bonds. The van der Waals surface area contributed by atoms with Gasteiger partial charge in [0.15, 0.2) is 0 Å². The second kappa shape index (κ2) is 8.20. The second-order valence-corrected chi connectivity index (χ2v) is 4.57. The molecule has 0 aliphatic rings. The van der Waals surface area contributed by atoms with Gasteiger partial charge in [-0.05, 0) is 18.2 Å². The van der Waals surface area contributed by atoms with Crippen LogP contribution in [0.4, 0.5) is 11.4 Å². The van der Waals surface area contributed by atoms with Gasteiger partial charge in [-0.3, -0.25) is 14.9 Å². The third-order valence-electron chi connectivity index (χ3n) is 2.92. The molecule has 2 aromatic rings. The SMILES string of the molecule is O=C(C#Cc1ccccc1)NCCNc1ccccc1[N+](=O)[O-]. The first-order valence-corrected chi connectivity index (χ1v) is 6.99. The molecule has 0 aliphatic carbocycles. The summed E-state index contributed by atoms with van der Waals surface area (Å²) >= 11 is 0. The molecule has 0 fully saturated rings. The second-order valence-electron chi connectivity index (χ2n) is 4.57. The fourth-order valence-corrected chi connectivity index (χ4v) is 1.85. The van der Waals surface area contributed by atoms with Gasteiger partial charge in [0, 0.05) is 30.6 Å². The molecule has 0 radical (unpaired) electrons. The van der Waals surface area contributed by atoms with Crippen LogP contribution >= 0.6 is 0 Å². The van der Waals surface area contributed by atoms with Gasteiger partial charge in [-0.25, -0.2) is 0 Å². The Balaban J connectivity index is 1.79. The van der Waals surface area contributed by atoms with Crippen molar-refractivity contribution in [3.63, 3.8) is 0 Å². The fraction of sp³-hybridized carbons (Fsp3) is 0.118. The van der Waals surface area contributed by atoms with Gasteiger partial charge in [-0.2, -0.15) is 0 Å². The van der Waals surface area contributed by atoms with E-state index in [1.807, 2.05) is 30.3 Å². The number of hydrogen-bond acceptors (Lipinski definition) is 4. The van der Waals surface area contributed by atoms with E-state index >= 15 is 0 Å². The molecular formula is C17H15N3O3. The Kier molecular flexibility index (Phi) is 5.72. The van der Waals surface area contributed by atoms with Gasteiger partial charge in [0.05, 0.1) is 4.92 Å². The summed E-state index contributed by atoms with van der Waals surface area (Å²) in [6, 6.07) is 15.6. The van der Waals surface area contributed by atoms with Gasteiger partial charge in [0.1, 0.15) is 5.69 Å². The summed E-state index contributed by atoms with van der Waals surface area (Å²) in [4.78, 5) is 22.0. The van der Waals surface area contributed by atoms with E-state index in [0.717, 1.165) is 5.56 Å². The molecule has 0 saturated heterocycles. The van der Waals surface area contributed by atoms with Gasteiger partial charge >= 0.3 is 0 Å². The molecular weight excluding hydrogens is 294 g/mol. The molecule has 0 saturated carbocycles. The maximum atomic E-state index is 11.6. The number of benzene rings is 2. The number of hydrogen-bond donors (Lipinski definition) is 2. The molecule has 6 heteroatoms. The van der Waals surface area contributed by atoms with Gasteiger partial charge in [-0.15, -0.1) is 0 Å². The van der Waals surface area contributed by atoms with E-state index in [9.17, 15) is 14.9 Å². The van der Waals surface area contributed by atoms with Crippen molar-refractivity contribution in [1.82, 2.24) is 5.32 Å². The fourth-order valence-electron chi connectivity index (χ4n) is 1.85. The minimum absolute atomic E-state index is 0.00250. The lowest BCUT2D eigenvalue weighted by Gasteiger charge is -2.06. The topological polar surface area (TPSA) is 84.3 Å². The first kappa shape index (κ1) is 16.0. The van der Waals surface area contributed by atoms with Crippen molar-refractivity contribution in [3.05, 3.63) is 70.3 Å². The average Bonchev–Trinajstić information content (AvgIpc) is 2.58. The molecule has 0 aliphatic heterocycles. The highest BCUT2D eigenvalue weighted by molar-refractivity contribution is 5.94. The Morgan fingerprint density at radius 1 is 1.04 bits per heavy atom. The number of nitro benzene ring substituents is 1. The predicted molar refractivity (Wildman–Crippen MR) is 87.9 cm³/mol. The molecule has 0 aromatic heterocycles. The zero-order valence-corrected chi connectivity index (χ0v) is 12.3. The molecule has 2 N–H and O–H groups in total. The van der Waals surface area contributed by atoms with Gasteiger partial charge < -0.3 is 10.6 Å². The number of amides is 1. The summed E-state index contributed by atoms with van der Waals surface area (Å²) in [5, 5.41) is 16.4. The molecule has 0 unspecified atom stereocenters. The lowest BCUT2D eigenvalue weighted by molar-refractivity contribution is -0.384. The maximum Gasteiger partial charge on any atom is 0.296 e. The van der Waals surface area contributed by atoms with Crippen molar-refractivity contribution in [2.45, 2.75) is 0 Å². The number of para-hydroxylation sites is 2. The zero-order chi connectivity index (χ0) is 16.5. The monoisotopic (exact) mass is 309 g/mol. The van der Waals surface area contributed by atoms with E-state index in [0.29, 0.717) is 18.8 Å². The Labute approximate surface area is 133 Å². The van der Waals surface area contributed by atoms with Crippen LogP contribution in [0, 0.1) is 22.0 Å². The molecule has 2 rings (SSSR count). The van der Waals surface area contributed by atoms with Crippen LogP contribution < -0.4 is 10.6 Å². The van der Waals surface area contributed by atoms with Crippen LogP contribution in [0.25, 0.3) is 0 Å². The molecule has 6 nitrogen and oxygen atoms in total. The summed E-state index contributed by atoms with van der Waals surface area (Å²) < 4.78 is 0. The van der Waals surface area contributed by atoms with E-state index in [-0.39, 0.29) is 5.69 Å². The number of carbonyl (C=O) groups is 1. The van der Waals surface area contributed by atoms with Gasteiger partial charge in [0.25, 0.3) is 11.6 Å². The van der Waals surface area contributed by atoms with E-state index in [4.69, 9.17) is 0 Å². The van der Waals surface area contributed by atoms with Crippen LogP contribution in [0.2, 0.25) is 0 Å². The van der Waals surface area contributed by atoms with E-state index in [2.05, 4.69) is 22.5 Å². The lowest BCUT2D eigenvalue weighted by atomic mass is 10.2. The molecule has 0 spiro atoms.